The fraction of sp³-hybridized carbons (Fsp3) is 0.667. The van der Waals surface area contributed by atoms with Crippen molar-refractivity contribution in [1.29, 1.82) is 0 Å². The van der Waals surface area contributed by atoms with Crippen molar-refractivity contribution in [2.24, 2.45) is 0 Å². The number of aliphatic hydroxyl groups is 2. The van der Waals surface area contributed by atoms with Crippen LogP contribution in [0.15, 0.2) is 0 Å². The molecule has 0 fully saturated rings. The van der Waals surface area contributed by atoms with E-state index >= 15 is 0 Å². The summed E-state index contributed by atoms with van der Waals surface area (Å²) in [5.74, 6) is -2.37. The van der Waals surface area contributed by atoms with Gasteiger partial charge in [-0.1, -0.05) is 0 Å². The average molecular weight is 264 g/mol. The van der Waals surface area contributed by atoms with E-state index < -0.39 is 24.1 Å². The van der Waals surface area contributed by atoms with Crippen LogP contribution in [0.1, 0.15) is 19.6 Å². The normalized spacial score (nSPS) is 11.7. The molecule has 0 aliphatic carbocycles. The minimum Gasteiger partial charge on any atom is -1.00 e. The van der Waals surface area contributed by atoms with E-state index in [1.54, 1.807) is 0 Å². The third-order valence-electron chi connectivity index (χ3n) is 0.715. The van der Waals surface area contributed by atoms with Gasteiger partial charge < -0.3 is 26.1 Å². The van der Waals surface area contributed by atoms with Gasteiger partial charge in [0.1, 0.15) is 12.2 Å². The second-order valence-corrected chi connectivity index (χ2v) is 2.03. The Morgan fingerprint density at radius 2 is 1.00 bits per heavy atom. The molecular weight excluding hydrogens is 248 g/mol. The number of hydrogen-bond acceptors (Lipinski definition) is 4. The van der Waals surface area contributed by atoms with Crippen molar-refractivity contribution in [3.8, 4) is 0 Å². The molecule has 14 heavy (non-hydrogen) atoms. The molecule has 2 atom stereocenters. The zero-order valence-corrected chi connectivity index (χ0v) is 12.6. The third kappa shape index (κ3) is 23.3. The summed E-state index contributed by atoms with van der Waals surface area (Å²) in [7, 11) is 0. The average Bonchev–Trinajstić information content (AvgIpc) is 1.88. The summed E-state index contributed by atoms with van der Waals surface area (Å²) in [5.41, 5.74) is 0. The fourth-order valence-electron chi connectivity index (χ4n) is 0. The molecule has 8 heteroatoms. The van der Waals surface area contributed by atoms with Gasteiger partial charge in [-0.15, -0.1) is 0 Å². The fourth-order valence-corrected chi connectivity index (χ4v) is 0. The van der Waals surface area contributed by atoms with Gasteiger partial charge in [0.25, 0.3) is 0 Å². The van der Waals surface area contributed by atoms with Crippen LogP contribution in [0.2, 0.25) is 0 Å². The standard InChI is InChI=1S/2C3H6O3.2Ca.4H/c2*1-2(4)3(5)6;;;;;;/h2*2,4H,1H3,(H,5,6);;;;;;/q;;2*+2;4*-1. The van der Waals surface area contributed by atoms with Crippen LogP contribution in [0, 0.1) is 0 Å². The van der Waals surface area contributed by atoms with Crippen molar-refractivity contribution < 1.29 is 35.7 Å². The second-order valence-electron chi connectivity index (χ2n) is 2.03. The largest absolute Gasteiger partial charge is 2.00 e. The zero-order chi connectivity index (χ0) is 10.3. The number of hydrogen-bond donors (Lipinski definition) is 4. The number of carboxylic acid groups (broad SMARTS) is 2. The molecular formula is C6H16Ca2O6. The Kier molecular flexibility index (Phi) is 25.2. The summed E-state index contributed by atoms with van der Waals surface area (Å²) in [5, 5.41) is 31.5. The molecule has 0 saturated heterocycles. The number of aliphatic carboxylic acids is 2. The first-order valence-corrected chi connectivity index (χ1v) is 3.10. The van der Waals surface area contributed by atoms with E-state index in [1.807, 2.05) is 0 Å². The summed E-state index contributed by atoms with van der Waals surface area (Å²) in [6.07, 6.45) is -2.46. The van der Waals surface area contributed by atoms with Crippen LogP contribution in [0.5, 0.6) is 0 Å². The van der Waals surface area contributed by atoms with Gasteiger partial charge in [0.05, 0.1) is 0 Å². The Morgan fingerprint density at radius 1 is 0.929 bits per heavy atom. The first-order valence-electron chi connectivity index (χ1n) is 3.10. The molecule has 0 heterocycles. The number of aliphatic hydroxyl groups excluding tert-OH is 2. The van der Waals surface area contributed by atoms with Crippen LogP contribution in [0.25, 0.3) is 0 Å². The maximum atomic E-state index is 9.45. The summed E-state index contributed by atoms with van der Waals surface area (Å²) in [4.78, 5) is 18.9. The van der Waals surface area contributed by atoms with Gasteiger partial charge in [-0.3, -0.25) is 0 Å². The summed E-state index contributed by atoms with van der Waals surface area (Å²) >= 11 is 0. The molecule has 0 aromatic carbocycles. The predicted octanol–water partition coefficient (Wildman–Crippen LogP) is -1.41. The minimum absolute atomic E-state index is 0. The molecule has 0 spiro atoms. The van der Waals surface area contributed by atoms with E-state index in [0.717, 1.165) is 0 Å². The van der Waals surface area contributed by atoms with Crippen LogP contribution < -0.4 is 0 Å². The van der Waals surface area contributed by atoms with Gasteiger partial charge in [0.15, 0.2) is 0 Å². The SMILES string of the molecule is CC(O)C(=O)O.CC(O)C(=O)O.[Ca+2].[Ca+2].[H-].[H-].[H-].[H-]. The number of carboxylic acids is 2. The van der Waals surface area contributed by atoms with Crippen molar-refractivity contribution in [3.05, 3.63) is 0 Å². The smallest absolute Gasteiger partial charge is 1.00 e. The van der Waals surface area contributed by atoms with Crippen LogP contribution in [-0.4, -0.2) is 120 Å². The van der Waals surface area contributed by atoms with Gasteiger partial charge in [0, 0.05) is 0 Å². The van der Waals surface area contributed by atoms with Crippen molar-refractivity contribution in [3.63, 3.8) is 0 Å². The van der Waals surface area contributed by atoms with Crippen molar-refractivity contribution in [1.82, 2.24) is 0 Å². The van der Waals surface area contributed by atoms with E-state index in [1.165, 1.54) is 13.8 Å². The molecule has 4 N–H and O–H groups in total. The Hall–Kier alpha value is 1.38. The van der Waals surface area contributed by atoms with Crippen molar-refractivity contribution in [2.45, 2.75) is 26.1 Å². The van der Waals surface area contributed by atoms with Crippen LogP contribution in [0.4, 0.5) is 0 Å². The van der Waals surface area contributed by atoms with E-state index in [0.29, 0.717) is 0 Å². The molecule has 6 nitrogen and oxygen atoms in total. The number of carbonyl (C=O) groups is 2. The topological polar surface area (TPSA) is 115 Å². The first-order chi connectivity index (χ1) is 5.29. The van der Waals surface area contributed by atoms with Crippen molar-refractivity contribution >= 4 is 87.4 Å². The number of rotatable bonds is 2. The molecule has 0 aliphatic rings. The molecule has 0 amide bonds. The molecule has 0 bridgehead atoms. The summed E-state index contributed by atoms with van der Waals surface area (Å²) in [6, 6.07) is 0. The molecule has 0 saturated carbocycles. The first kappa shape index (κ1) is 24.6. The third-order valence-corrected chi connectivity index (χ3v) is 0.715. The van der Waals surface area contributed by atoms with Crippen LogP contribution in [-0.2, 0) is 9.59 Å². The Bertz CT molecular complexity index is 154. The van der Waals surface area contributed by atoms with Gasteiger partial charge in [-0.05, 0) is 13.8 Å². The van der Waals surface area contributed by atoms with E-state index in [9.17, 15) is 9.59 Å². The maximum Gasteiger partial charge on any atom is 2.00 e. The quantitative estimate of drug-likeness (QED) is 0.456. The van der Waals surface area contributed by atoms with E-state index in [4.69, 9.17) is 20.4 Å². The molecule has 0 radical (unpaired) electrons. The molecule has 80 valence electrons. The molecule has 0 aromatic heterocycles. The molecule has 0 aromatic rings. The molecule has 2 unspecified atom stereocenters. The Morgan fingerprint density at radius 3 is 1.00 bits per heavy atom. The van der Waals surface area contributed by atoms with E-state index in [2.05, 4.69) is 0 Å². The van der Waals surface area contributed by atoms with Crippen LogP contribution >= 0.6 is 0 Å². The van der Waals surface area contributed by atoms with Crippen molar-refractivity contribution in [2.75, 3.05) is 0 Å². The van der Waals surface area contributed by atoms with Gasteiger partial charge in [0.2, 0.25) is 0 Å². The zero-order valence-electron chi connectivity index (χ0n) is 12.2. The van der Waals surface area contributed by atoms with E-state index in [-0.39, 0.29) is 81.2 Å². The maximum absolute atomic E-state index is 9.45. The molecule has 0 rings (SSSR count). The molecule has 0 aliphatic heterocycles. The van der Waals surface area contributed by atoms with Crippen LogP contribution in [0.3, 0.4) is 0 Å². The predicted molar refractivity (Wildman–Crippen MR) is 54.6 cm³/mol. The van der Waals surface area contributed by atoms with Gasteiger partial charge in [-0.2, -0.15) is 0 Å². The summed E-state index contributed by atoms with van der Waals surface area (Å²) in [6.45, 7) is 2.39. The monoisotopic (exact) mass is 264 g/mol. The minimum atomic E-state index is -1.23. The Balaban J connectivity index is -0.0000000139. The van der Waals surface area contributed by atoms with Gasteiger partial charge in [-0.25, -0.2) is 9.59 Å². The Labute approximate surface area is 147 Å². The van der Waals surface area contributed by atoms with Gasteiger partial charge >= 0.3 is 87.4 Å². The second kappa shape index (κ2) is 14.4. The summed E-state index contributed by atoms with van der Waals surface area (Å²) < 4.78 is 0.